The van der Waals surface area contributed by atoms with Gasteiger partial charge in [0.25, 0.3) is 5.91 Å². The number of carbonyl (C=O) groups excluding carboxylic acids is 2. The number of rotatable bonds is 12. The van der Waals surface area contributed by atoms with Gasteiger partial charge in [0.2, 0.25) is 0 Å². The molecule has 2 aliphatic rings. The van der Waals surface area contributed by atoms with Crippen LogP contribution >= 0.6 is 0 Å². The van der Waals surface area contributed by atoms with Gasteiger partial charge in [-0.3, -0.25) is 24.5 Å². The van der Waals surface area contributed by atoms with Crippen molar-refractivity contribution < 1.29 is 29.3 Å². The number of aryl methyl sites for hydroxylation is 1. The van der Waals surface area contributed by atoms with E-state index in [4.69, 9.17) is 9.72 Å². The van der Waals surface area contributed by atoms with Gasteiger partial charge in [-0.05, 0) is 106 Å². The van der Waals surface area contributed by atoms with Crippen LogP contribution in [0, 0.1) is 5.41 Å². The fourth-order valence-corrected chi connectivity index (χ4v) is 7.43. The van der Waals surface area contributed by atoms with Crippen LogP contribution in [0.5, 0.6) is 0 Å². The maximum absolute atomic E-state index is 13.9. The van der Waals surface area contributed by atoms with Gasteiger partial charge >= 0.3 is 12.1 Å². The molecule has 1 unspecified atom stereocenters. The number of fused-ring (bicyclic) bond motifs is 1. The number of hydrazine groups is 1. The van der Waals surface area contributed by atoms with Crippen LogP contribution in [-0.2, 0) is 27.3 Å². The van der Waals surface area contributed by atoms with Crippen LogP contribution in [-0.4, -0.2) is 98.1 Å². The highest BCUT2D eigenvalue weighted by Crippen LogP contribution is 2.41. The van der Waals surface area contributed by atoms with Crippen molar-refractivity contribution in [1.82, 2.24) is 30.2 Å². The number of amides is 2. The lowest BCUT2D eigenvalue weighted by Gasteiger charge is -2.36. The zero-order valence-corrected chi connectivity index (χ0v) is 32.7. The minimum absolute atomic E-state index is 0.0518. The van der Waals surface area contributed by atoms with E-state index in [-0.39, 0.29) is 24.5 Å². The molecule has 1 fully saturated rings. The molecule has 2 amide bonds. The highest BCUT2D eigenvalue weighted by Gasteiger charge is 2.35. The minimum Gasteiger partial charge on any atom is -0.480 e. The maximum atomic E-state index is 13.9. The number of carboxylic acids is 1. The SMILES string of the molecule is CCn1c(-c2cccnc2C(C)C)c(CC(C)(C)CO)c2cc(C3=CCCN(CC(NC(=O)OC(C)(C)C)C(=O)N4CCC[C@@H](C(=O)O)N4)C3)ccc21. The minimum atomic E-state index is -1.02. The Morgan fingerprint density at radius 3 is 2.53 bits per heavy atom. The first kappa shape index (κ1) is 39.9. The average molecular weight is 731 g/mol. The molecule has 4 N–H and O–H groups in total. The topological polar surface area (TPSA) is 149 Å². The number of nitrogens with one attached hydrogen (secondary N) is 2. The second-order valence-electron chi connectivity index (χ2n) is 16.5. The molecule has 53 heavy (non-hydrogen) atoms. The van der Waals surface area contributed by atoms with Gasteiger partial charge in [0.15, 0.2) is 0 Å². The predicted molar refractivity (Wildman–Crippen MR) is 207 cm³/mol. The molecule has 0 radical (unpaired) electrons. The van der Waals surface area contributed by atoms with E-state index >= 15 is 0 Å². The Morgan fingerprint density at radius 1 is 1.11 bits per heavy atom. The van der Waals surface area contributed by atoms with E-state index in [0.717, 1.165) is 52.0 Å². The van der Waals surface area contributed by atoms with E-state index in [1.54, 1.807) is 20.8 Å². The van der Waals surface area contributed by atoms with Gasteiger partial charge < -0.3 is 24.8 Å². The van der Waals surface area contributed by atoms with Gasteiger partial charge in [0.05, 0.1) is 11.4 Å². The molecule has 1 aromatic carbocycles. The maximum Gasteiger partial charge on any atom is 0.408 e. The molecule has 2 aliphatic heterocycles. The van der Waals surface area contributed by atoms with Gasteiger partial charge in [-0.25, -0.2) is 10.2 Å². The normalized spacial score (nSPS) is 17.9. The highest BCUT2D eigenvalue weighted by atomic mass is 16.6. The van der Waals surface area contributed by atoms with Crippen LogP contribution in [0.3, 0.4) is 0 Å². The summed E-state index contributed by atoms with van der Waals surface area (Å²) in [7, 11) is 0. The first-order chi connectivity index (χ1) is 25.0. The van der Waals surface area contributed by atoms with Crippen molar-refractivity contribution in [2.45, 2.75) is 111 Å². The summed E-state index contributed by atoms with van der Waals surface area (Å²) in [4.78, 5) is 45.6. The summed E-state index contributed by atoms with van der Waals surface area (Å²) in [5, 5.41) is 25.3. The number of ether oxygens (including phenoxy) is 1. The first-order valence-corrected chi connectivity index (χ1v) is 18.9. The fourth-order valence-electron chi connectivity index (χ4n) is 7.43. The lowest BCUT2D eigenvalue weighted by molar-refractivity contribution is -0.148. The smallest absolute Gasteiger partial charge is 0.408 e. The van der Waals surface area contributed by atoms with Gasteiger partial charge in [-0.1, -0.05) is 39.8 Å². The van der Waals surface area contributed by atoms with Gasteiger partial charge in [-0.15, -0.1) is 0 Å². The number of aliphatic hydroxyl groups excluding tert-OH is 1. The number of benzene rings is 1. The van der Waals surface area contributed by atoms with Crippen LogP contribution in [0.15, 0.2) is 42.6 Å². The third-order valence-electron chi connectivity index (χ3n) is 9.99. The zero-order chi connectivity index (χ0) is 38.7. The quantitative estimate of drug-likeness (QED) is 0.177. The Balaban J connectivity index is 1.48. The van der Waals surface area contributed by atoms with Crippen LogP contribution in [0.1, 0.15) is 97.4 Å². The molecule has 5 rings (SSSR count). The second kappa shape index (κ2) is 16.4. The van der Waals surface area contributed by atoms with E-state index in [0.29, 0.717) is 38.9 Å². The number of carbonyl (C=O) groups is 3. The van der Waals surface area contributed by atoms with Crippen molar-refractivity contribution in [2.75, 3.05) is 32.8 Å². The van der Waals surface area contributed by atoms with Crippen LogP contribution in [0.25, 0.3) is 27.7 Å². The Kier molecular flexibility index (Phi) is 12.4. The van der Waals surface area contributed by atoms with Crippen LogP contribution in [0.4, 0.5) is 4.79 Å². The van der Waals surface area contributed by atoms with E-state index < -0.39 is 35.7 Å². The summed E-state index contributed by atoms with van der Waals surface area (Å²) in [6.45, 7) is 18.6. The highest BCUT2D eigenvalue weighted by molar-refractivity contribution is 5.95. The lowest BCUT2D eigenvalue weighted by Crippen LogP contribution is -2.62. The number of nitrogens with zero attached hydrogens (tertiary/aromatic N) is 4. The van der Waals surface area contributed by atoms with Crippen molar-refractivity contribution in [2.24, 2.45) is 5.41 Å². The monoisotopic (exact) mass is 730 g/mol. The van der Waals surface area contributed by atoms with Crippen molar-refractivity contribution in [3.05, 3.63) is 59.4 Å². The van der Waals surface area contributed by atoms with Crippen molar-refractivity contribution >= 4 is 34.4 Å². The molecule has 0 saturated carbocycles. The number of aliphatic carboxylic acids is 1. The fraction of sp³-hybridized carbons (Fsp3) is 0.561. The van der Waals surface area contributed by atoms with Crippen molar-refractivity contribution in [3.8, 4) is 11.3 Å². The molecule has 12 nitrogen and oxygen atoms in total. The average Bonchev–Trinajstić information content (AvgIpc) is 3.41. The number of aliphatic hydroxyl groups is 1. The zero-order valence-electron chi connectivity index (χ0n) is 32.7. The first-order valence-electron chi connectivity index (χ1n) is 18.9. The third-order valence-corrected chi connectivity index (χ3v) is 9.99. The number of hydrogen-bond acceptors (Lipinski definition) is 8. The summed E-state index contributed by atoms with van der Waals surface area (Å²) >= 11 is 0. The summed E-state index contributed by atoms with van der Waals surface area (Å²) in [5.41, 5.74) is 9.53. The van der Waals surface area contributed by atoms with E-state index in [2.05, 4.69) is 85.2 Å². The van der Waals surface area contributed by atoms with Crippen LogP contribution < -0.4 is 10.7 Å². The Bertz CT molecular complexity index is 1840. The molecule has 0 bridgehead atoms. The molecule has 0 spiro atoms. The molecule has 2 atom stereocenters. The van der Waals surface area contributed by atoms with Gasteiger partial charge in [0, 0.05) is 62.0 Å². The molecule has 4 heterocycles. The van der Waals surface area contributed by atoms with E-state index in [1.165, 1.54) is 10.6 Å². The van der Waals surface area contributed by atoms with E-state index in [9.17, 15) is 24.6 Å². The van der Waals surface area contributed by atoms with Crippen molar-refractivity contribution in [3.63, 3.8) is 0 Å². The number of alkyl carbamates (subject to hydrolysis) is 1. The summed E-state index contributed by atoms with van der Waals surface area (Å²) in [6, 6.07) is 8.93. The van der Waals surface area contributed by atoms with Gasteiger partial charge in [-0.2, -0.15) is 0 Å². The largest absolute Gasteiger partial charge is 0.480 e. The number of aromatic nitrogens is 2. The Morgan fingerprint density at radius 2 is 1.87 bits per heavy atom. The molecular formula is C41H58N6O6. The van der Waals surface area contributed by atoms with Crippen molar-refractivity contribution in [1.29, 1.82) is 0 Å². The van der Waals surface area contributed by atoms with Crippen LogP contribution in [0.2, 0.25) is 0 Å². The summed E-state index contributed by atoms with van der Waals surface area (Å²) in [5.74, 6) is -1.20. The lowest BCUT2D eigenvalue weighted by atomic mass is 9.84. The molecule has 3 aromatic rings. The predicted octanol–water partition coefficient (Wildman–Crippen LogP) is 5.97. The number of carboxylic acid groups (broad SMARTS) is 1. The molecule has 1 saturated heterocycles. The Hall–Kier alpha value is -4.26. The summed E-state index contributed by atoms with van der Waals surface area (Å²) < 4.78 is 7.90. The molecule has 2 aromatic heterocycles. The molecule has 12 heteroatoms. The van der Waals surface area contributed by atoms with Gasteiger partial charge in [0.1, 0.15) is 17.7 Å². The van der Waals surface area contributed by atoms with E-state index in [1.807, 2.05) is 12.3 Å². The molecule has 0 aliphatic carbocycles. The standard InChI is InChI=1S/C41H58N6O6/c1-9-46-34-17-16-27(21-30(34)31(22-41(7,8)25-48)36(46)29-14-10-18-42-35(29)26(2)3)28-13-11-19-45(23-28)24-33(43-39(52)53-40(4,5)6)37(49)47-20-12-15-32(44-47)38(50)51/h10,13-14,16-18,21,26,32-33,44,48H,9,11-12,15,19-20,22-25H2,1-8H3,(H,43,52)(H,50,51)/t32-,33?/m0/s1. The third kappa shape index (κ3) is 9.46. The summed E-state index contributed by atoms with van der Waals surface area (Å²) in [6.07, 6.45) is 5.77. The second-order valence-corrected chi connectivity index (χ2v) is 16.5. The molecular weight excluding hydrogens is 672 g/mol. The molecule has 288 valence electrons. The Labute approximate surface area is 313 Å². The number of hydrogen-bond donors (Lipinski definition) is 4. The number of pyridine rings is 1.